The Morgan fingerprint density at radius 2 is 1.72 bits per heavy atom. The number of nitrogens with one attached hydrogen (secondary N) is 1. The van der Waals surface area contributed by atoms with Gasteiger partial charge in [0.05, 0.1) is 22.6 Å². The second-order valence-corrected chi connectivity index (χ2v) is 7.83. The van der Waals surface area contributed by atoms with Crippen LogP contribution in [0.1, 0.15) is 43.1 Å². The number of H-pyrrole nitrogens is 1. The van der Waals surface area contributed by atoms with E-state index in [-0.39, 0.29) is 17.7 Å². The molecule has 1 aliphatic rings. The molecule has 1 N–H and O–H groups in total. The molecule has 1 saturated heterocycles. The second kappa shape index (κ2) is 7.19. The molecule has 6 heteroatoms. The van der Waals surface area contributed by atoms with Gasteiger partial charge < -0.3 is 4.98 Å². The Labute approximate surface area is 167 Å². The maximum Gasteiger partial charge on any atom is 0.125 e. The van der Waals surface area contributed by atoms with Gasteiger partial charge in [-0.25, -0.2) is 13.8 Å². The maximum atomic E-state index is 13.8. The number of halogens is 2. The molecule has 1 aliphatic heterocycles. The van der Waals surface area contributed by atoms with Gasteiger partial charge >= 0.3 is 0 Å². The lowest BCUT2D eigenvalue weighted by molar-refractivity contribution is 0.158. The first kappa shape index (κ1) is 18.2. The molecule has 4 aromatic rings. The van der Waals surface area contributed by atoms with Gasteiger partial charge in [0, 0.05) is 11.6 Å². The topological polar surface area (TPSA) is 44.8 Å². The molecule has 0 bridgehead atoms. The van der Waals surface area contributed by atoms with Crippen molar-refractivity contribution in [3.63, 3.8) is 0 Å². The Hall–Kier alpha value is -2.86. The van der Waals surface area contributed by atoms with Crippen molar-refractivity contribution < 1.29 is 8.78 Å². The summed E-state index contributed by atoms with van der Waals surface area (Å²) in [7, 11) is 0. The molecule has 0 amide bonds. The minimum atomic E-state index is -0.262. The lowest BCUT2D eigenvalue weighted by Crippen LogP contribution is -2.35. The first-order valence-electron chi connectivity index (χ1n) is 10.0. The van der Waals surface area contributed by atoms with Crippen LogP contribution in [-0.4, -0.2) is 32.9 Å². The summed E-state index contributed by atoms with van der Waals surface area (Å²) in [4.78, 5) is 14.7. The van der Waals surface area contributed by atoms with Gasteiger partial charge in [0.2, 0.25) is 0 Å². The smallest absolute Gasteiger partial charge is 0.125 e. The lowest BCUT2D eigenvalue weighted by atomic mass is 9.87. The number of piperidine rings is 1. The predicted molar refractivity (Wildman–Crippen MR) is 110 cm³/mol. The quantitative estimate of drug-likeness (QED) is 0.513. The van der Waals surface area contributed by atoms with Crippen LogP contribution in [0.3, 0.4) is 0 Å². The monoisotopic (exact) mass is 392 g/mol. The molecule has 0 spiro atoms. The number of fused-ring (bicyclic) bond motifs is 2. The van der Waals surface area contributed by atoms with Crippen molar-refractivity contribution in [2.24, 2.45) is 0 Å². The number of pyridine rings is 1. The molecule has 1 fully saturated rings. The second-order valence-electron chi connectivity index (χ2n) is 7.83. The molecule has 148 valence electrons. The van der Waals surface area contributed by atoms with E-state index in [9.17, 15) is 8.78 Å². The van der Waals surface area contributed by atoms with E-state index in [1.807, 2.05) is 12.3 Å². The fraction of sp³-hybridized carbons (Fsp3) is 0.304. The molecule has 2 aromatic carbocycles. The number of nitrogens with zero attached hydrogens (tertiary/aromatic N) is 3. The minimum Gasteiger partial charge on any atom is -0.341 e. The summed E-state index contributed by atoms with van der Waals surface area (Å²) in [5.41, 5.74) is 3.54. The van der Waals surface area contributed by atoms with Gasteiger partial charge in [-0.15, -0.1) is 0 Å². The van der Waals surface area contributed by atoms with Crippen LogP contribution in [0.4, 0.5) is 8.78 Å². The van der Waals surface area contributed by atoms with Crippen molar-refractivity contribution in [1.82, 2.24) is 19.9 Å². The Morgan fingerprint density at radius 3 is 2.52 bits per heavy atom. The van der Waals surface area contributed by atoms with Crippen molar-refractivity contribution in [1.29, 1.82) is 0 Å². The van der Waals surface area contributed by atoms with Gasteiger partial charge in [-0.3, -0.25) is 9.88 Å². The van der Waals surface area contributed by atoms with E-state index in [1.165, 1.54) is 23.8 Å². The molecule has 0 aliphatic carbocycles. The molecule has 4 nitrogen and oxygen atoms in total. The average molecular weight is 392 g/mol. The summed E-state index contributed by atoms with van der Waals surface area (Å²) >= 11 is 0. The first-order valence-corrected chi connectivity index (χ1v) is 10.0. The van der Waals surface area contributed by atoms with Crippen LogP contribution >= 0.6 is 0 Å². The highest BCUT2D eigenvalue weighted by Gasteiger charge is 2.27. The summed E-state index contributed by atoms with van der Waals surface area (Å²) in [6.45, 7) is 3.98. The van der Waals surface area contributed by atoms with E-state index in [0.29, 0.717) is 5.92 Å². The van der Waals surface area contributed by atoms with E-state index in [2.05, 4.69) is 26.8 Å². The zero-order chi connectivity index (χ0) is 20.0. The number of likely N-dealkylation sites (tertiary alicyclic amines) is 1. The number of aromatic amines is 1. The van der Waals surface area contributed by atoms with Crippen LogP contribution in [0, 0.1) is 11.6 Å². The third-order valence-electron chi connectivity index (χ3n) is 6.11. The molecule has 1 unspecified atom stereocenters. The van der Waals surface area contributed by atoms with E-state index >= 15 is 0 Å². The van der Waals surface area contributed by atoms with E-state index in [0.717, 1.165) is 53.7 Å². The Kier molecular flexibility index (Phi) is 4.51. The summed E-state index contributed by atoms with van der Waals surface area (Å²) < 4.78 is 27.2. The molecule has 29 heavy (non-hydrogen) atoms. The largest absolute Gasteiger partial charge is 0.341 e. The first-order chi connectivity index (χ1) is 14.1. The molecular formula is C23H22F2N4. The molecule has 1 atom stereocenters. The summed E-state index contributed by atoms with van der Waals surface area (Å²) in [5, 5.41) is 0.915. The highest BCUT2D eigenvalue weighted by molar-refractivity contribution is 5.82. The van der Waals surface area contributed by atoms with Gasteiger partial charge in [-0.1, -0.05) is 0 Å². The number of rotatable bonds is 3. The molecule has 5 rings (SSSR count). The van der Waals surface area contributed by atoms with Crippen LogP contribution in [0.2, 0.25) is 0 Å². The van der Waals surface area contributed by atoms with E-state index in [4.69, 9.17) is 0 Å². The van der Waals surface area contributed by atoms with Crippen molar-refractivity contribution >= 4 is 21.9 Å². The minimum absolute atomic E-state index is 0.123. The third kappa shape index (κ3) is 3.38. The molecule has 0 radical (unpaired) electrons. The standard InChI is InChI=1S/C23H22F2N4/c1-14(23-27-21-5-3-17(25)13-22(21)28-23)29-10-7-15(8-11-29)18-6-9-26-20-4-2-16(24)12-19(18)20/h2-6,9,12-15H,7-8,10-11H2,1H3,(H,27,28). The third-order valence-corrected chi connectivity index (χ3v) is 6.11. The fourth-order valence-electron chi connectivity index (χ4n) is 4.47. The van der Waals surface area contributed by atoms with Gasteiger partial charge in [0.1, 0.15) is 17.5 Å². The number of hydrogen-bond acceptors (Lipinski definition) is 3. The molecule has 0 saturated carbocycles. The van der Waals surface area contributed by atoms with Gasteiger partial charge in [-0.05, 0) is 86.8 Å². The number of aromatic nitrogens is 3. The zero-order valence-electron chi connectivity index (χ0n) is 16.2. The lowest BCUT2D eigenvalue weighted by Gasteiger charge is -2.35. The highest BCUT2D eigenvalue weighted by atomic mass is 19.1. The van der Waals surface area contributed by atoms with Crippen molar-refractivity contribution in [3.05, 3.63) is 71.7 Å². The normalized spacial score (nSPS) is 17.2. The summed E-state index contributed by atoms with van der Waals surface area (Å²) in [5.74, 6) is 0.761. The maximum absolute atomic E-state index is 13.8. The Morgan fingerprint density at radius 1 is 1.00 bits per heavy atom. The van der Waals surface area contributed by atoms with Crippen molar-refractivity contribution in [2.45, 2.75) is 31.7 Å². The van der Waals surface area contributed by atoms with Crippen LogP contribution in [0.15, 0.2) is 48.7 Å². The highest BCUT2D eigenvalue weighted by Crippen LogP contribution is 2.35. The summed E-state index contributed by atoms with van der Waals surface area (Å²) in [6, 6.07) is 11.6. The van der Waals surface area contributed by atoms with Gasteiger partial charge in [0.25, 0.3) is 0 Å². The molecule has 2 aromatic heterocycles. The van der Waals surface area contributed by atoms with Gasteiger partial charge in [0.15, 0.2) is 0 Å². The fourth-order valence-corrected chi connectivity index (χ4v) is 4.47. The Balaban J connectivity index is 1.34. The summed E-state index contributed by atoms with van der Waals surface area (Å²) in [6.07, 6.45) is 3.81. The van der Waals surface area contributed by atoms with E-state index < -0.39 is 0 Å². The van der Waals surface area contributed by atoms with Crippen LogP contribution < -0.4 is 0 Å². The number of imidazole rings is 1. The average Bonchev–Trinajstić information content (AvgIpc) is 3.16. The van der Waals surface area contributed by atoms with Crippen LogP contribution in [-0.2, 0) is 0 Å². The molecule has 3 heterocycles. The van der Waals surface area contributed by atoms with Crippen molar-refractivity contribution in [3.8, 4) is 0 Å². The van der Waals surface area contributed by atoms with E-state index in [1.54, 1.807) is 18.2 Å². The predicted octanol–water partition coefficient (Wildman–Crippen LogP) is 5.33. The number of hydrogen-bond donors (Lipinski definition) is 1. The zero-order valence-corrected chi connectivity index (χ0v) is 16.2. The SMILES string of the molecule is CC(c1nc2ccc(F)cc2[nH]1)N1CCC(c2ccnc3ccc(F)cc23)CC1. The Bertz CT molecular complexity index is 1180. The van der Waals surface area contributed by atoms with Crippen LogP contribution in [0.25, 0.3) is 21.9 Å². The van der Waals surface area contributed by atoms with Crippen molar-refractivity contribution in [2.75, 3.05) is 13.1 Å². The van der Waals surface area contributed by atoms with Crippen LogP contribution in [0.5, 0.6) is 0 Å². The molecular weight excluding hydrogens is 370 g/mol. The van der Waals surface area contributed by atoms with Gasteiger partial charge in [-0.2, -0.15) is 0 Å². The number of benzene rings is 2.